The van der Waals surface area contributed by atoms with E-state index >= 15 is 0 Å². The van der Waals surface area contributed by atoms with Crippen LogP contribution in [0.3, 0.4) is 0 Å². The third-order valence-electron chi connectivity index (χ3n) is 4.27. The molecule has 2 heterocycles. The Morgan fingerprint density at radius 2 is 2.12 bits per heavy atom. The standard InChI is InChI=1S/C18H21N3O3/c19-17(22)18(23)21(12-14-6-1-2-9-20-14)11-13-5-3-8-16-15(13)7-4-10-24-16/h1-2,5-6,9H,3-4,7-8,10-12H2,(H2,19,22). The normalized spacial score (nSPS) is 16.8. The van der Waals surface area contributed by atoms with E-state index in [2.05, 4.69) is 11.1 Å². The second-order valence-electron chi connectivity index (χ2n) is 5.97. The topological polar surface area (TPSA) is 85.5 Å². The molecule has 6 heteroatoms. The molecule has 1 aromatic rings. The molecule has 3 rings (SSSR count). The number of hydrogen-bond acceptors (Lipinski definition) is 4. The number of allylic oxidation sites excluding steroid dienone is 2. The van der Waals surface area contributed by atoms with Crippen LogP contribution in [0.1, 0.15) is 31.4 Å². The highest BCUT2D eigenvalue weighted by Gasteiger charge is 2.26. The summed E-state index contributed by atoms with van der Waals surface area (Å²) in [6, 6.07) is 5.49. The van der Waals surface area contributed by atoms with Crippen molar-refractivity contribution >= 4 is 11.8 Å². The molecule has 1 aliphatic heterocycles. The highest BCUT2D eigenvalue weighted by Crippen LogP contribution is 2.33. The molecule has 126 valence electrons. The molecular weight excluding hydrogens is 306 g/mol. The maximum atomic E-state index is 12.2. The maximum Gasteiger partial charge on any atom is 0.312 e. The predicted octanol–water partition coefficient (Wildman–Crippen LogP) is 1.68. The van der Waals surface area contributed by atoms with Crippen molar-refractivity contribution in [2.75, 3.05) is 13.2 Å². The van der Waals surface area contributed by atoms with Gasteiger partial charge in [-0.15, -0.1) is 0 Å². The number of amides is 2. The molecule has 6 nitrogen and oxygen atoms in total. The van der Waals surface area contributed by atoms with Crippen LogP contribution < -0.4 is 5.73 Å². The van der Waals surface area contributed by atoms with Gasteiger partial charge in [0, 0.05) is 19.2 Å². The number of primary amides is 1. The number of aromatic nitrogens is 1. The molecule has 0 saturated heterocycles. The van der Waals surface area contributed by atoms with Crippen LogP contribution in [0.25, 0.3) is 0 Å². The Balaban J connectivity index is 1.81. The van der Waals surface area contributed by atoms with Gasteiger partial charge < -0.3 is 15.4 Å². The van der Waals surface area contributed by atoms with Gasteiger partial charge in [0.15, 0.2) is 0 Å². The average Bonchev–Trinajstić information content (AvgIpc) is 2.61. The fraction of sp³-hybridized carbons (Fsp3) is 0.389. The number of ether oxygens (including phenoxy) is 1. The first-order valence-corrected chi connectivity index (χ1v) is 8.18. The Morgan fingerprint density at radius 3 is 2.88 bits per heavy atom. The van der Waals surface area contributed by atoms with Gasteiger partial charge in [-0.3, -0.25) is 14.6 Å². The van der Waals surface area contributed by atoms with E-state index in [4.69, 9.17) is 10.5 Å². The van der Waals surface area contributed by atoms with Crippen molar-refractivity contribution < 1.29 is 14.3 Å². The number of carbonyl (C=O) groups is 2. The van der Waals surface area contributed by atoms with Crippen LogP contribution in [0.5, 0.6) is 0 Å². The summed E-state index contributed by atoms with van der Waals surface area (Å²) in [5.41, 5.74) is 8.17. The lowest BCUT2D eigenvalue weighted by atomic mass is 9.91. The lowest BCUT2D eigenvalue weighted by Crippen LogP contribution is -2.41. The first-order valence-electron chi connectivity index (χ1n) is 8.18. The summed E-state index contributed by atoms with van der Waals surface area (Å²) in [7, 11) is 0. The van der Waals surface area contributed by atoms with Crippen molar-refractivity contribution in [3.8, 4) is 0 Å². The zero-order valence-electron chi connectivity index (χ0n) is 13.5. The first-order chi connectivity index (χ1) is 11.6. The van der Waals surface area contributed by atoms with Gasteiger partial charge in [0.2, 0.25) is 0 Å². The van der Waals surface area contributed by atoms with Crippen LogP contribution in [0.15, 0.2) is 47.4 Å². The van der Waals surface area contributed by atoms with E-state index in [9.17, 15) is 9.59 Å². The summed E-state index contributed by atoms with van der Waals surface area (Å²) in [5, 5.41) is 0. The Labute approximate surface area is 141 Å². The zero-order valence-corrected chi connectivity index (χ0v) is 13.5. The van der Waals surface area contributed by atoms with Crippen LogP contribution in [0, 0.1) is 0 Å². The summed E-state index contributed by atoms with van der Waals surface area (Å²) in [6.07, 6.45) is 7.51. The molecule has 0 bridgehead atoms. The number of hydrogen-bond donors (Lipinski definition) is 1. The van der Waals surface area contributed by atoms with Crippen molar-refractivity contribution in [3.63, 3.8) is 0 Å². The minimum Gasteiger partial charge on any atom is -0.498 e. The highest BCUT2D eigenvalue weighted by molar-refractivity contribution is 6.34. The number of rotatable bonds is 4. The molecule has 0 spiro atoms. The Hall–Kier alpha value is -2.63. The molecular formula is C18H21N3O3. The first kappa shape index (κ1) is 16.2. The molecule has 2 aliphatic rings. The summed E-state index contributed by atoms with van der Waals surface area (Å²) in [5.74, 6) is -0.606. The monoisotopic (exact) mass is 327 g/mol. The van der Waals surface area contributed by atoms with Crippen molar-refractivity contribution in [1.29, 1.82) is 0 Å². The van der Waals surface area contributed by atoms with E-state index in [-0.39, 0.29) is 6.54 Å². The third-order valence-corrected chi connectivity index (χ3v) is 4.27. The lowest BCUT2D eigenvalue weighted by Gasteiger charge is -2.29. The molecule has 2 amide bonds. The maximum absolute atomic E-state index is 12.2. The van der Waals surface area contributed by atoms with Gasteiger partial charge in [-0.05, 0) is 42.5 Å². The average molecular weight is 327 g/mol. The summed E-state index contributed by atoms with van der Waals surface area (Å²) in [4.78, 5) is 29.3. The third kappa shape index (κ3) is 3.64. The summed E-state index contributed by atoms with van der Waals surface area (Å²) in [6.45, 7) is 1.36. The molecule has 1 aromatic heterocycles. The number of carbonyl (C=O) groups excluding carboxylic acids is 2. The second kappa shape index (κ2) is 7.29. The Kier molecular flexibility index (Phi) is 4.93. The van der Waals surface area contributed by atoms with Crippen molar-refractivity contribution in [2.24, 2.45) is 5.73 Å². The van der Waals surface area contributed by atoms with Crippen molar-refractivity contribution in [1.82, 2.24) is 9.88 Å². The van der Waals surface area contributed by atoms with Gasteiger partial charge in [0.25, 0.3) is 0 Å². The van der Waals surface area contributed by atoms with E-state index in [0.29, 0.717) is 6.54 Å². The highest BCUT2D eigenvalue weighted by atomic mass is 16.5. The van der Waals surface area contributed by atoms with Crippen LogP contribution in [0.4, 0.5) is 0 Å². The van der Waals surface area contributed by atoms with Gasteiger partial charge in [-0.25, -0.2) is 0 Å². The minimum atomic E-state index is -0.948. The molecule has 1 aliphatic carbocycles. The van der Waals surface area contributed by atoms with E-state index in [0.717, 1.165) is 49.3 Å². The quantitative estimate of drug-likeness (QED) is 0.853. The number of nitrogens with two attached hydrogens (primary N) is 1. The molecule has 24 heavy (non-hydrogen) atoms. The van der Waals surface area contributed by atoms with E-state index in [1.165, 1.54) is 10.5 Å². The molecule has 0 fully saturated rings. The van der Waals surface area contributed by atoms with Gasteiger partial charge in [0.1, 0.15) is 0 Å². The van der Waals surface area contributed by atoms with Crippen molar-refractivity contribution in [3.05, 3.63) is 53.1 Å². The van der Waals surface area contributed by atoms with Gasteiger partial charge in [-0.1, -0.05) is 12.1 Å². The van der Waals surface area contributed by atoms with Gasteiger partial charge in [-0.2, -0.15) is 0 Å². The minimum absolute atomic E-state index is 0.253. The van der Waals surface area contributed by atoms with Crippen molar-refractivity contribution in [2.45, 2.75) is 32.2 Å². The predicted molar refractivity (Wildman–Crippen MR) is 88.4 cm³/mol. The zero-order chi connectivity index (χ0) is 16.9. The largest absolute Gasteiger partial charge is 0.498 e. The number of pyridine rings is 1. The summed E-state index contributed by atoms with van der Waals surface area (Å²) < 4.78 is 5.75. The van der Waals surface area contributed by atoms with Gasteiger partial charge >= 0.3 is 11.8 Å². The van der Waals surface area contributed by atoms with Crippen LogP contribution in [0.2, 0.25) is 0 Å². The van der Waals surface area contributed by atoms with E-state index in [1.807, 2.05) is 18.2 Å². The SMILES string of the molecule is NC(=O)C(=O)N(CC1=CCCC2=C1CCCO2)Cc1ccccn1. The van der Waals surface area contributed by atoms with Crippen LogP contribution >= 0.6 is 0 Å². The molecule has 0 radical (unpaired) electrons. The van der Waals surface area contributed by atoms with Crippen LogP contribution in [-0.2, 0) is 20.9 Å². The second-order valence-corrected chi connectivity index (χ2v) is 5.97. The molecule has 0 saturated carbocycles. The lowest BCUT2D eigenvalue weighted by molar-refractivity contribution is -0.144. The fourth-order valence-corrected chi connectivity index (χ4v) is 3.14. The van der Waals surface area contributed by atoms with Gasteiger partial charge in [0.05, 0.1) is 24.6 Å². The summed E-state index contributed by atoms with van der Waals surface area (Å²) >= 11 is 0. The number of nitrogens with zero attached hydrogens (tertiary/aromatic N) is 2. The Bertz CT molecular complexity index is 695. The smallest absolute Gasteiger partial charge is 0.312 e. The fourth-order valence-electron chi connectivity index (χ4n) is 3.14. The molecule has 0 atom stereocenters. The molecule has 2 N–H and O–H groups in total. The van der Waals surface area contributed by atoms with E-state index < -0.39 is 11.8 Å². The molecule has 0 aromatic carbocycles. The van der Waals surface area contributed by atoms with E-state index in [1.54, 1.807) is 6.20 Å². The Morgan fingerprint density at radius 1 is 1.25 bits per heavy atom. The molecule has 0 unspecified atom stereocenters. The van der Waals surface area contributed by atoms with Crippen LogP contribution in [-0.4, -0.2) is 34.8 Å².